The molecule has 1 N–H and O–H groups in total. The molecule has 7 nitrogen and oxygen atoms in total. The van der Waals surface area contributed by atoms with Crippen LogP contribution in [-0.2, 0) is 29.7 Å². The summed E-state index contributed by atoms with van der Waals surface area (Å²) in [7, 11) is 3.28. The molecule has 1 amide bonds. The molecule has 0 spiro atoms. The molecule has 1 aliphatic rings. The van der Waals surface area contributed by atoms with Gasteiger partial charge in [-0.1, -0.05) is 12.1 Å². The van der Waals surface area contributed by atoms with Crippen LogP contribution < -0.4 is 5.32 Å². The van der Waals surface area contributed by atoms with Crippen molar-refractivity contribution in [3.05, 3.63) is 52.8 Å². The number of hydrogen-bond donors (Lipinski definition) is 1. The lowest BCUT2D eigenvalue weighted by atomic mass is 10.1. The quantitative estimate of drug-likeness (QED) is 0.558. The summed E-state index contributed by atoms with van der Waals surface area (Å²) in [5, 5.41) is 7.81. The van der Waals surface area contributed by atoms with E-state index in [0.29, 0.717) is 18.5 Å². The van der Waals surface area contributed by atoms with Crippen LogP contribution >= 0.6 is 0 Å². The van der Waals surface area contributed by atoms with Gasteiger partial charge in [-0.05, 0) is 44.0 Å². The Morgan fingerprint density at radius 2 is 2.07 bits per heavy atom. The van der Waals surface area contributed by atoms with Gasteiger partial charge < -0.3 is 15.0 Å². The number of carbonyl (C=O) groups is 2. The van der Waals surface area contributed by atoms with Gasteiger partial charge in [-0.15, -0.1) is 0 Å². The molecular formula is C21H28N4O3. The molecule has 1 aliphatic heterocycles. The predicted octanol–water partition coefficient (Wildman–Crippen LogP) is 2.19. The highest BCUT2D eigenvalue weighted by Crippen LogP contribution is 2.24. The number of aromatic nitrogens is 2. The Balaban J connectivity index is 1.47. The zero-order valence-corrected chi connectivity index (χ0v) is 16.8. The van der Waals surface area contributed by atoms with Crippen molar-refractivity contribution in [3.8, 4) is 0 Å². The van der Waals surface area contributed by atoms with Gasteiger partial charge in [0.25, 0.3) is 0 Å². The normalized spacial score (nSPS) is 16.6. The van der Waals surface area contributed by atoms with E-state index in [-0.39, 0.29) is 17.9 Å². The first kappa shape index (κ1) is 20.1. The Kier molecular flexibility index (Phi) is 6.46. The van der Waals surface area contributed by atoms with E-state index < -0.39 is 0 Å². The maximum atomic E-state index is 12.3. The van der Waals surface area contributed by atoms with E-state index in [1.54, 1.807) is 16.8 Å². The lowest BCUT2D eigenvalue weighted by molar-refractivity contribution is -0.129. The van der Waals surface area contributed by atoms with Crippen LogP contribution in [0.25, 0.3) is 0 Å². The molecule has 0 unspecified atom stereocenters. The average Bonchev–Trinajstić information content (AvgIpc) is 3.20. The molecular weight excluding hydrogens is 356 g/mol. The van der Waals surface area contributed by atoms with Gasteiger partial charge in [-0.3, -0.25) is 9.48 Å². The fourth-order valence-electron chi connectivity index (χ4n) is 3.68. The molecule has 3 rings (SSSR count). The third kappa shape index (κ3) is 4.78. The van der Waals surface area contributed by atoms with Crippen LogP contribution in [0.15, 0.2) is 30.5 Å². The second-order valence-electron chi connectivity index (χ2n) is 7.28. The number of esters is 1. The first-order valence-electron chi connectivity index (χ1n) is 9.64. The fourth-order valence-corrected chi connectivity index (χ4v) is 3.68. The molecule has 150 valence electrons. The number of hydrogen-bond acceptors (Lipinski definition) is 5. The highest BCUT2D eigenvalue weighted by molar-refractivity contribution is 5.89. The first-order chi connectivity index (χ1) is 13.5. The minimum Gasteiger partial charge on any atom is -0.465 e. The van der Waals surface area contributed by atoms with Gasteiger partial charge in [0.1, 0.15) is 0 Å². The highest BCUT2D eigenvalue weighted by Gasteiger charge is 2.31. The topological polar surface area (TPSA) is 76.5 Å². The maximum absolute atomic E-state index is 12.3. The van der Waals surface area contributed by atoms with Crippen LogP contribution in [0.1, 0.15) is 46.4 Å². The SMILES string of the molecule is COC(=O)c1ccc(CNCC[C@@H]2CCC(=O)N2Cc2cn(C)nc2C)cc1. The number of aryl methyl sites for hydroxylation is 2. The van der Waals surface area contributed by atoms with Crippen LogP contribution in [0.4, 0.5) is 0 Å². The lowest BCUT2D eigenvalue weighted by Crippen LogP contribution is -2.34. The summed E-state index contributed by atoms with van der Waals surface area (Å²) in [6.07, 6.45) is 4.45. The molecule has 7 heteroatoms. The van der Waals surface area contributed by atoms with E-state index in [4.69, 9.17) is 4.74 Å². The second kappa shape index (κ2) is 9.01. The van der Waals surface area contributed by atoms with Crippen LogP contribution in [0.5, 0.6) is 0 Å². The van der Waals surface area contributed by atoms with E-state index >= 15 is 0 Å². The van der Waals surface area contributed by atoms with Crippen LogP contribution in [0.2, 0.25) is 0 Å². The zero-order valence-electron chi connectivity index (χ0n) is 16.8. The minimum absolute atomic E-state index is 0.228. The van der Waals surface area contributed by atoms with Crippen molar-refractivity contribution < 1.29 is 14.3 Å². The fraction of sp³-hybridized carbons (Fsp3) is 0.476. The molecule has 1 aromatic carbocycles. The third-order valence-electron chi connectivity index (χ3n) is 5.27. The molecule has 1 aromatic heterocycles. The number of methoxy groups -OCH3 is 1. The summed E-state index contributed by atoms with van der Waals surface area (Å²) in [5.74, 6) is -0.0963. The number of carbonyl (C=O) groups excluding carboxylic acids is 2. The second-order valence-corrected chi connectivity index (χ2v) is 7.28. The van der Waals surface area contributed by atoms with Gasteiger partial charge in [0.05, 0.1) is 18.4 Å². The number of ether oxygens (including phenoxy) is 1. The Labute approximate surface area is 165 Å². The van der Waals surface area contributed by atoms with E-state index in [1.807, 2.05) is 37.2 Å². The van der Waals surface area contributed by atoms with Gasteiger partial charge in [-0.25, -0.2) is 4.79 Å². The van der Waals surface area contributed by atoms with Gasteiger partial charge in [0.2, 0.25) is 5.91 Å². The van der Waals surface area contributed by atoms with E-state index in [1.165, 1.54) is 7.11 Å². The molecule has 0 bridgehead atoms. The van der Waals surface area contributed by atoms with Crippen molar-refractivity contribution in [1.82, 2.24) is 20.0 Å². The lowest BCUT2D eigenvalue weighted by Gasteiger charge is -2.25. The van der Waals surface area contributed by atoms with Crippen LogP contribution in [0.3, 0.4) is 0 Å². The molecule has 2 heterocycles. The molecule has 1 saturated heterocycles. The van der Waals surface area contributed by atoms with Crippen molar-refractivity contribution >= 4 is 11.9 Å². The van der Waals surface area contributed by atoms with Gasteiger partial charge in [-0.2, -0.15) is 5.10 Å². The number of nitrogens with zero attached hydrogens (tertiary/aromatic N) is 3. The Hall–Kier alpha value is -2.67. The monoisotopic (exact) mass is 384 g/mol. The molecule has 0 radical (unpaired) electrons. The Morgan fingerprint density at radius 3 is 2.71 bits per heavy atom. The number of likely N-dealkylation sites (tertiary alicyclic amines) is 1. The number of rotatable bonds is 8. The Morgan fingerprint density at radius 1 is 1.32 bits per heavy atom. The van der Waals surface area contributed by atoms with E-state index in [9.17, 15) is 9.59 Å². The summed E-state index contributed by atoms with van der Waals surface area (Å²) in [6, 6.07) is 7.67. The number of benzene rings is 1. The van der Waals surface area contributed by atoms with Crippen LogP contribution in [0, 0.1) is 6.92 Å². The first-order valence-corrected chi connectivity index (χ1v) is 9.64. The van der Waals surface area contributed by atoms with Crippen molar-refractivity contribution in [2.75, 3.05) is 13.7 Å². The highest BCUT2D eigenvalue weighted by atomic mass is 16.5. The van der Waals surface area contributed by atoms with Gasteiger partial charge in [0, 0.05) is 44.4 Å². The molecule has 1 atom stereocenters. The number of nitrogens with one attached hydrogen (secondary N) is 1. The summed E-state index contributed by atoms with van der Waals surface area (Å²) in [5.41, 5.74) is 3.76. The van der Waals surface area contributed by atoms with Crippen molar-refractivity contribution in [2.24, 2.45) is 7.05 Å². The molecule has 0 aliphatic carbocycles. The molecule has 0 saturated carbocycles. The Bertz CT molecular complexity index is 829. The summed E-state index contributed by atoms with van der Waals surface area (Å²) >= 11 is 0. The van der Waals surface area contributed by atoms with Crippen molar-refractivity contribution in [3.63, 3.8) is 0 Å². The largest absolute Gasteiger partial charge is 0.465 e. The summed E-state index contributed by atoms with van der Waals surface area (Å²) in [6.45, 7) is 4.18. The van der Waals surface area contributed by atoms with E-state index in [2.05, 4.69) is 10.4 Å². The van der Waals surface area contributed by atoms with Crippen molar-refractivity contribution in [2.45, 2.75) is 45.3 Å². The zero-order chi connectivity index (χ0) is 20.1. The number of amides is 1. The third-order valence-corrected chi connectivity index (χ3v) is 5.27. The van der Waals surface area contributed by atoms with E-state index in [0.717, 1.165) is 42.8 Å². The standard InChI is InChI=1S/C21H28N4O3/c1-15-18(13-24(2)23-15)14-25-19(8-9-20(25)26)10-11-22-12-16-4-6-17(7-5-16)21(27)28-3/h4-7,13,19,22H,8-12,14H2,1-3H3/t19-/m0/s1. The minimum atomic E-state index is -0.325. The van der Waals surface area contributed by atoms with Crippen molar-refractivity contribution in [1.29, 1.82) is 0 Å². The predicted molar refractivity (Wildman–Crippen MR) is 106 cm³/mol. The average molecular weight is 384 g/mol. The molecule has 2 aromatic rings. The van der Waals surface area contributed by atoms with Crippen LogP contribution in [-0.4, -0.2) is 46.3 Å². The summed E-state index contributed by atoms with van der Waals surface area (Å²) < 4.78 is 6.51. The summed E-state index contributed by atoms with van der Waals surface area (Å²) in [4.78, 5) is 25.8. The molecule has 1 fully saturated rings. The van der Waals surface area contributed by atoms with Gasteiger partial charge in [0.15, 0.2) is 0 Å². The molecule has 28 heavy (non-hydrogen) atoms. The smallest absolute Gasteiger partial charge is 0.337 e. The van der Waals surface area contributed by atoms with Gasteiger partial charge >= 0.3 is 5.97 Å². The maximum Gasteiger partial charge on any atom is 0.337 e.